The van der Waals surface area contributed by atoms with Gasteiger partial charge in [-0.25, -0.2) is 0 Å². The average Bonchev–Trinajstić information content (AvgIpc) is 2.93. The van der Waals surface area contributed by atoms with Gasteiger partial charge in [0.15, 0.2) is 5.76 Å². The molecule has 4 nitrogen and oxygen atoms in total. The van der Waals surface area contributed by atoms with Crippen LogP contribution in [-0.4, -0.2) is 16.3 Å². The molecule has 3 aromatic rings. The van der Waals surface area contributed by atoms with E-state index in [1.54, 1.807) is 0 Å². The third kappa shape index (κ3) is 1.85. The second kappa shape index (κ2) is 4.55. The number of para-hydroxylation sites is 1. The maximum Gasteiger partial charge on any atom is 0.172 e. The van der Waals surface area contributed by atoms with Gasteiger partial charge >= 0.3 is 0 Å². The summed E-state index contributed by atoms with van der Waals surface area (Å²) in [6.45, 7) is 2.56. The van der Waals surface area contributed by atoms with E-state index in [1.807, 2.05) is 26.1 Å². The molecule has 0 saturated heterocycles. The van der Waals surface area contributed by atoms with Gasteiger partial charge in [-0.3, -0.25) is 0 Å². The number of aryl methyl sites for hydroxylation is 2. The van der Waals surface area contributed by atoms with Crippen LogP contribution in [0.15, 0.2) is 35.0 Å². The molecular weight excluding hydrogens is 238 g/mol. The van der Waals surface area contributed by atoms with E-state index in [0.717, 1.165) is 29.0 Å². The molecule has 0 amide bonds. The van der Waals surface area contributed by atoms with Gasteiger partial charge in [0, 0.05) is 35.3 Å². The molecule has 2 aromatic heterocycles. The van der Waals surface area contributed by atoms with Crippen molar-refractivity contribution in [1.29, 1.82) is 0 Å². The van der Waals surface area contributed by atoms with Crippen molar-refractivity contribution in [3.8, 4) is 11.3 Å². The Labute approximate surface area is 111 Å². The lowest BCUT2D eigenvalue weighted by atomic mass is 10.0. The quantitative estimate of drug-likeness (QED) is 0.782. The topological polar surface area (TPSA) is 57.0 Å². The normalized spacial score (nSPS) is 11.3. The van der Waals surface area contributed by atoms with Crippen molar-refractivity contribution < 1.29 is 4.52 Å². The van der Waals surface area contributed by atoms with E-state index in [-0.39, 0.29) is 0 Å². The highest BCUT2D eigenvalue weighted by molar-refractivity contribution is 5.95. The monoisotopic (exact) mass is 255 g/mol. The number of rotatable bonds is 3. The van der Waals surface area contributed by atoms with Crippen LogP contribution in [-0.2, 0) is 13.5 Å². The molecule has 2 heterocycles. The molecule has 19 heavy (non-hydrogen) atoms. The summed E-state index contributed by atoms with van der Waals surface area (Å²) >= 11 is 0. The SMILES string of the molecule is Cc1noc(-c2cn(C)c3ccccc23)c1CCN. The van der Waals surface area contributed by atoms with Crippen LogP contribution in [0.3, 0.4) is 0 Å². The summed E-state index contributed by atoms with van der Waals surface area (Å²) < 4.78 is 7.64. The molecule has 0 aliphatic heterocycles. The molecule has 0 aliphatic rings. The Morgan fingerprint density at radius 1 is 1.32 bits per heavy atom. The molecule has 0 atom stereocenters. The van der Waals surface area contributed by atoms with E-state index < -0.39 is 0 Å². The molecule has 0 saturated carbocycles. The second-order valence-electron chi connectivity index (χ2n) is 4.79. The highest BCUT2D eigenvalue weighted by Crippen LogP contribution is 2.33. The predicted molar refractivity (Wildman–Crippen MR) is 75.9 cm³/mol. The van der Waals surface area contributed by atoms with Crippen LogP contribution in [0.1, 0.15) is 11.3 Å². The average molecular weight is 255 g/mol. The van der Waals surface area contributed by atoms with Gasteiger partial charge in [-0.05, 0) is 26.0 Å². The van der Waals surface area contributed by atoms with Crippen molar-refractivity contribution >= 4 is 10.9 Å². The Bertz CT molecular complexity index is 724. The fourth-order valence-electron chi connectivity index (χ4n) is 2.56. The lowest BCUT2D eigenvalue weighted by Gasteiger charge is -1.99. The van der Waals surface area contributed by atoms with Crippen molar-refractivity contribution in [3.05, 3.63) is 41.7 Å². The van der Waals surface area contributed by atoms with Gasteiger partial charge in [-0.2, -0.15) is 0 Å². The first-order valence-corrected chi connectivity index (χ1v) is 6.42. The highest BCUT2D eigenvalue weighted by atomic mass is 16.5. The van der Waals surface area contributed by atoms with Gasteiger partial charge in [0.25, 0.3) is 0 Å². The molecule has 2 N–H and O–H groups in total. The van der Waals surface area contributed by atoms with E-state index in [0.29, 0.717) is 6.54 Å². The summed E-state index contributed by atoms with van der Waals surface area (Å²) in [6, 6.07) is 8.29. The summed E-state index contributed by atoms with van der Waals surface area (Å²) in [5.41, 5.74) is 9.98. The Balaban J connectivity index is 2.25. The molecule has 3 rings (SSSR count). The summed E-state index contributed by atoms with van der Waals surface area (Å²) in [5, 5.41) is 5.27. The summed E-state index contributed by atoms with van der Waals surface area (Å²) in [4.78, 5) is 0. The minimum atomic E-state index is 0.597. The first-order chi connectivity index (χ1) is 9.22. The van der Waals surface area contributed by atoms with Gasteiger partial charge in [-0.15, -0.1) is 0 Å². The Morgan fingerprint density at radius 3 is 2.89 bits per heavy atom. The zero-order valence-electron chi connectivity index (χ0n) is 11.2. The smallest absolute Gasteiger partial charge is 0.172 e. The zero-order chi connectivity index (χ0) is 13.4. The molecule has 0 bridgehead atoms. The number of fused-ring (bicyclic) bond motifs is 1. The first kappa shape index (κ1) is 12.0. The predicted octanol–water partition coefficient (Wildman–Crippen LogP) is 2.64. The van der Waals surface area contributed by atoms with E-state index >= 15 is 0 Å². The van der Waals surface area contributed by atoms with Gasteiger partial charge in [-0.1, -0.05) is 23.4 Å². The number of aromatic nitrogens is 2. The van der Waals surface area contributed by atoms with Crippen molar-refractivity contribution in [2.45, 2.75) is 13.3 Å². The van der Waals surface area contributed by atoms with E-state index in [2.05, 4.69) is 28.1 Å². The third-order valence-corrected chi connectivity index (χ3v) is 3.52. The minimum Gasteiger partial charge on any atom is -0.356 e. The van der Waals surface area contributed by atoms with Crippen LogP contribution < -0.4 is 5.73 Å². The van der Waals surface area contributed by atoms with Crippen LogP contribution >= 0.6 is 0 Å². The van der Waals surface area contributed by atoms with E-state index in [1.165, 1.54) is 10.9 Å². The standard InChI is InChI=1S/C15H17N3O/c1-10-11(7-8-16)15(19-17-10)13-9-18(2)14-6-4-3-5-12(13)14/h3-6,9H,7-8,16H2,1-2H3. The molecular formula is C15H17N3O. The Morgan fingerprint density at radius 2 is 2.11 bits per heavy atom. The highest BCUT2D eigenvalue weighted by Gasteiger charge is 2.18. The largest absolute Gasteiger partial charge is 0.356 e. The first-order valence-electron chi connectivity index (χ1n) is 6.42. The second-order valence-corrected chi connectivity index (χ2v) is 4.79. The number of nitrogens with two attached hydrogens (primary N) is 1. The van der Waals surface area contributed by atoms with Crippen LogP contribution in [0.4, 0.5) is 0 Å². The van der Waals surface area contributed by atoms with Gasteiger partial charge in [0.2, 0.25) is 0 Å². The molecule has 0 aliphatic carbocycles. The molecule has 0 unspecified atom stereocenters. The van der Waals surface area contributed by atoms with Crippen molar-refractivity contribution in [1.82, 2.24) is 9.72 Å². The number of hydrogen-bond donors (Lipinski definition) is 1. The van der Waals surface area contributed by atoms with Crippen molar-refractivity contribution in [3.63, 3.8) is 0 Å². The van der Waals surface area contributed by atoms with Crippen molar-refractivity contribution in [2.75, 3.05) is 6.54 Å². The maximum atomic E-state index is 5.68. The third-order valence-electron chi connectivity index (χ3n) is 3.52. The van der Waals surface area contributed by atoms with Gasteiger partial charge in [0.05, 0.1) is 5.69 Å². The van der Waals surface area contributed by atoms with Crippen LogP contribution in [0.2, 0.25) is 0 Å². The number of hydrogen-bond acceptors (Lipinski definition) is 3. The lowest BCUT2D eigenvalue weighted by Crippen LogP contribution is -2.03. The fraction of sp³-hybridized carbons (Fsp3) is 0.267. The molecule has 1 aromatic carbocycles. The molecule has 0 spiro atoms. The summed E-state index contributed by atoms with van der Waals surface area (Å²) in [6.07, 6.45) is 2.87. The Kier molecular flexibility index (Phi) is 2.87. The van der Waals surface area contributed by atoms with Crippen LogP contribution in [0, 0.1) is 6.92 Å². The number of benzene rings is 1. The zero-order valence-corrected chi connectivity index (χ0v) is 11.2. The molecule has 0 fully saturated rings. The van der Waals surface area contributed by atoms with E-state index in [9.17, 15) is 0 Å². The summed E-state index contributed by atoms with van der Waals surface area (Å²) in [7, 11) is 2.04. The molecule has 4 heteroatoms. The lowest BCUT2D eigenvalue weighted by molar-refractivity contribution is 0.427. The molecule has 98 valence electrons. The minimum absolute atomic E-state index is 0.597. The van der Waals surface area contributed by atoms with Crippen LogP contribution in [0.25, 0.3) is 22.2 Å². The van der Waals surface area contributed by atoms with Gasteiger partial charge < -0.3 is 14.8 Å². The van der Waals surface area contributed by atoms with Crippen LogP contribution in [0.5, 0.6) is 0 Å². The summed E-state index contributed by atoms with van der Waals surface area (Å²) in [5.74, 6) is 0.847. The van der Waals surface area contributed by atoms with Gasteiger partial charge in [0.1, 0.15) is 0 Å². The number of nitrogens with zero attached hydrogens (tertiary/aromatic N) is 2. The fourth-order valence-corrected chi connectivity index (χ4v) is 2.56. The molecule has 0 radical (unpaired) electrons. The van der Waals surface area contributed by atoms with Crippen molar-refractivity contribution in [2.24, 2.45) is 12.8 Å². The maximum absolute atomic E-state index is 5.68. The Hall–Kier alpha value is -2.07. The van der Waals surface area contributed by atoms with E-state index in [4.69, 9.17) is 10.3 Å².